The minimum Gasteiger partial charge on any atom is -0.151 e. The van der Waals surface area contributed by atoms with Gasteiger partial charge >= 0.3 is 0 Å². The van der Waals surface area contributed by atoms with Gasteiger partial charge in [0.25, 0.3) is 0 Å². The molecule has 0 amide bonds. The molecule has 102 valence electrons. The minimum absolute atomic E-state index is 1.22. The Bertz CT molecular complexity index is 670. The van der Waals surface area contributed by atoms with Crippen LogP contribution < -0.4 is 0 Å². The van der Waals surface area contributed by atoms with Crippen molar-refractivity contribution in [2.75, 3.05) is 0 Å². The molecule has 0 atom stereocenters. The molecule has 0 saturated carbocycles. The average Bonchev–Trinajstić information content (AvgIpc) is 3.00. The van der Waals surface area contributed by atoms with E-state index in [-0.39, 0.29) is 0 Å². The monoisotopic (exact) mass is 288 g/mol. The molecule has 0 aliphatic carbocycles. The first kappa shape index (κ1) is 13.6. The Labute approximate surface area is 129 Å². The maximum atomic E-state index is 2.18. The Morgan fingerprint density at radius 1 is 0.524 bits per heavy atom. The van der Waals surface area contributed by atoms with Crippen LogP contribution in [-0.2, 0) is 0 Å². The summed E-state index contributed by atoms with van der Waals surface area (Å²) in [6.07, 6.45) is 8.66. The quantitative estimate of drug-likeness (QED) is 0.545. The van der Waals surface area contributed by atoms with Crippen molar-refractivity contribution in [2.45, 2.75) is 0 Å². The van der Waals surface area contributed by atoms with Crippen LogP contribution in [0, 0.1) is 0 Å². The number of benzene rings is 2. The number of hydrogen-bond donors (Lipinski definition) is 0. The lowest BCUT2D eigenvalue weighted by molar-refractivity contribution is 1.66. The van der Waals surface area contributed by atoms with Crippen LogP contribution >= 0.6 is 11.3 Å². The predicted octanol–water partition coefficient (Wildman–Crippen LogP) is 6.09. The summed E-state index contributed by atoms with van der Waals surface area (Å²) in [6.45, 7) is 0. The molecule has 0 unspecified atom stereocenters. The first-order chi connectivity index (χ1) is 10.4. The zero-order valence-corrected chi connectivity index (χ0v) is 12.5. The van der Waals surface area contributed by atoms with Crippen LogP contribution in [0.5, 0.6) is 0 Å². The number of hydrogen-bond acceptors (Lipinski definition) is 1. The molecule has 0 saturated heterocycles. The van der Waals surface area contributed by atoms with Crippen LogP contribution in [0.1, 0.15) is 22.3 Å². The molecule has 1 aromatic heterocycles. The molecule has 0 bridgehead atoms. The van der Waals surface area contributed by atoms with Gasteiger partial charge in [0, 0.05) is 0 Å². The smallest absolute Gasteiger partial charge is 0.00145 e. The molecule has 2 aromatic carbocycles. The van der Waals surface area contributed by atoms with Gasteiger partial charge in [0.1, 0.15) is 0 Å². The summed E-state index contributed by atoms with van der Waals surface area (Å²) in [7, 11) is 0. The largest absolute Gasteiger partial charge is 0.151 e. The van der Waals surface area contributed by atoms with Crippen LogP contribution in [0.15, 0.2) is 71.4 Å². The highest BCUT2D eigenvalue weighted by Gasteiger charge is 1.97. The third kappa shape index (κ3) is 3.80. The Hall–Kier alpha value is -2.38. The number of rotatable bonds is 4. The summed E-state index contributed by atoms with van der Waals surface area (Å²) in [5.41, 5.74) is 4.97. The molecule has 0 aliphatic heterocycles. The highest BCUT2D eigenvalue weighted by Crippen LogP contribution is 2.20. The SMILES string of the molecule is C(=Cc1cscc1C=Cc1ccccc1)c1ccccc1. The van der Waals surface area contributed by atoms with Crippen molar-refractivity contribution in [3.8, 4) is 0 Å². The predicted molar refractivity (Wildman–Crippen MR) is 95.1 cm³/mol. The van der Waals surface area contributed by atoms with E-state index >= 15 is 0 Å². The first-order valence-corrected chi connectivity index (χ1v) is 7.88. The van der Waals surface area contributed by atoms with E-state index in [2.05, 4.69) is 83.6 Å². The summed E-state index contributed by atoms with van der Waals surface area (Å²) >= 11 is 1.73. The average molecular weight is 288 g/mol. The fourth-order valence-electron chi connectivity index (χ4n) is 2.09. The van der Waals surface area contributed by atoms with Crippen LogP contribution in [0.25, 0.3) is 24.3 Å². The van der Waals surface area contributed by atoms with E-state index in [9.17, 15) is 0 Å². The van der Waals surface area contributed by atoms with Crippen molar-refractivity contribution in [3.05, 3.63) is 93.7 Å². The van der Waals surface area contributed by atoms with Crippen LogP contribution in [-0.4, -0.2) is 0 Å². The van der Waals surface area contributed by atoms with Crippen molar-refractivity contribution >= 4 is 35.6 Å². The van der Waals surface area contributed by atoms with Crippen LogP contribution in [0.4, 0.5) is 0 Å². The Morgan fingerprint density at radius 2 is 0.952 bits per heavy atom. The maximum absolute atomic E-state index is 2.18. The molecule has 3 rings (SSSR count). The maximum Gasteiger partial charge on any atom is -0.00145 e. The van der Waals surface area contributed by atoms with Crippen molar-refractivity contribution < 1.29 is 0 Å². The zero-order valence-electron chi connectivity index (χ0n) is 11.6. The summed E-state index contributed by atoms with van der Waals surface area (Å²) in [6, 6.07) is 20.8. The van der Waals surface area contributed by atoms with Gasteiger partial charge in [-0.3, -0.25) is 0 Å². The van der Waals surface area contributed by atoms with Gasteiger partial charge in [-0.2, -0.15) is 11.3 Å². The van der Waals surface area contributed by atoms with Crippen molar-refractivity contribution in [1.82, 2.24) is 0 Å². The summed E-state index contributed by atoms with van der Waals surface area (Å²) in [5, 5.41) is 4.37. The van der Waals surface area contributed by atoms with Gasteiger partial charge in [-0.1, -0.05) is 85.0 Å². The molecule has 0 aliphatic rings. The van der Waals surface area contributed by atoms with E-state index in [0.29, 0.717) is 0 Å². The summed E-state index contributed by atoms with van der Waals surface area (Å²) < 4.78 is 0. The van der Waals surface area contributed by atoms with E-state index in [4.69, 9.17) is 0 Å². The highest BCUT2D eigenvalue weighted by molar-refractivity contribution is 7.08. The van der Waals surface area contributed by atoms with Gasteiger partial charge in [0.2, 0.25) is 0 Å². The molecule has 0 radical (unpaired) electrons. The molecule has 0 nitrogen and oxygen atoms in total. The van der Waals surface area contributed by atoms with Crippen molar-refractivity contribution in [1.29, 1.82) is 0 Å². The second-order valence-corrected chi connectivity index (χ2v) is 5.51. The lowest BCUT2D eigenvalue weighted by Gasteiger charge is -1.95. The lowest BCUT2D eigenvalue weighted by Crippen LogP contribution is -1.74. The van der Waals surface area contributed by atoms with Crippen LogP contribution in [0.3, 0.4) is 0 Å². The first-order valence-electron chi connectivity index (χ1n) is 6.94. The lowest BCUT2D eigenvalue weighted by atomic mass is 10.1. The normalized spacial score (nSPS) is 11.4. The van der Waals surface area contributed by atoms with Crippen LogP contribution in [0.2, 0.25) is 0 Å². The third-order valence-corrected chi connectivity index (χ3v) is 4.01. The van der Waals surface area contributed by atoms with Gasteiger partial charge < -0.3 is 0 Å². The Kier molecular flexibility index (Phi) is 4.45. The van der Waals surface area contributed by atoms with E-state index < -0.39 is 0 Å². The molecular weight excluding hydrogens is 272 g/mol. The van der Waals surface area contributed by atoms with E-state index in [1.807, 2.05) is 12.1 Å². The molecule has 0 N–H and O–H groups in total. The van der Waals surface area contributed by atoms with E-state index in [1.165, 1.54) is 22.3 Å². The molecule has 1 heterocycles. The topological polar surface area (TPSA) is 0 Å². The van der Waals surface area contributed by atoms with Gasteiger partial charge in [0.15, 0.2) is 0 Å². The zero-order chi connectivity index (χ0) is 14.3. The second-order valence-electron chi connectivity index (χ2n) is 4.77. The highest BCUT2D eigenvalue weighted by atomic mass is 32.1. The molecule has 3 aromatic rings. The van der Waals surface area contributed by atoms with Crippen molar-refractivity contribution in [3.63, 3.8) is 0 Å². The van der Waals surface area contributed by atoms with E-state index in [0.717, 1.165) is 0 Å². The Morgan fingerprint density at radius 3 is 1.38 bits per heavy atom. The molecule has 21 heavy (non-hydrogen) atoms. The van der Waals surface area contributed by atoms with Gasteiger partial charge in [-0.05, 0) is 33.0 Å². The van der Waals surface area contributed by atoms with Gasteiger partial charge in [-0.15, -0.1) is 0 Å². The van der Waals surface area contributed by atoms with Gasteiger partial charge in [-0.25, -0.2) is 0 Å². The Balaban J connectivity index is 1.78. The summed E-state index contributed by atoms with van der Waals surface area (Å²) in [5.74, 6) is 0. The van der Waals surface area contributed by atoms with Gasteiger partial charge in [0.05, 0.1) is 0 Å². The third-order valence-electron chi connectivity index (χ3n) is 3.23. The fraction of sp³-hybridized carbons (Fsp3) is 0. The summed E-state index contributed by atoms with van der Waals surface area (Å²) in [4.78, 5) is 0. The standard InChI is InChI=1S/C20H16S/c1-3-7-17(8-4-1)11-13-19-15-21-16-20(19)14-12-18-9-5-2-6-10-18/h1-16H. The van der Waals surface area contributed by atoms with E-state index in [1.54, 1.807) is 11.3 Å². The molecule has 0 fully saturated rings. The van der Waals surface area contributed by atoms with Crippen molar-refractivity contribution in [2.24, 2.45) is 0 Å². The molecular formula is C20H16S. The minimum atomic E-state index is 1.22. The second kappa shape index (κ2) is 6.87. The molecule has 1 heteroatoms. The molecule has 0 spiro atoms. The number of thiophene rings is 1. The fourth-order valence-corrected chi connectivity index (χ4v) is 2.88.